The largest absolute Gasteiger partial charge is 0.496 e. The van der Waals surface area contributed by atoms with E-state index < -0.39 is 10.0 Å². The van der Waals surface area contributed by atoms with Crippen molar-refractivity contribution in [3.8, 4) is 5.75 Å². The molecule has 0 unspecified atom stereocenters. The van der Waals surface area contributed by atoms with E-state index in [0.717, 1.165) is 15.5 Å². The number of ether oxygens (including phenoxy) is 1. The molecule has 0 radical (unpaired) electrons. The van der Waals surface area contributed by atoms with Gasteiger partial charge in [-0.05, 0) is 58.8 Å². The highest BCUT2D eigenvalue weighted by Crippen LogP contribution is 2.39. The van der Waals surface area contributed by atoms with Crippen molar-refractivity contribution in [3.63, 3.8) is 0 Å². The predicted octanol–water partition coefficient (Wildman–Crippen LogP) is 4.55. The molecule has 0 amide bonds. The molecule has 34 heavy (non-hydrogen) atoms. The maximum absolute atomic E-state index is 13.5. The number of rotatable bonds is 6. The van der Waals surface area contributed by atoms with Crippen molar-refractivity contribution in [2.24, 2.45) is 0 Å². The number of benzene rings is 3. The first-order valence-electron chi connectivity index (χ1n) is 10.5. The Hall–Kier alpha value is -2.79. The van der Waals surface area contributed by atoms with Crippen LogP contribution in [0.2, 0.25) is 5.02 Å². The van der Waals surface area contributed by atoms with Gasteiger partial charge in [-0.1, -0.05) is 35.5 Å². The fourth-order valence-electron chi connectivity index (χ4n) is 3.91. The third kappa shape index (κ3) is 4.34. The van der Waals surface area contributed by atoms with Gasteiger partial charge in [0, 0.05) is 41.8 Å². The van der Waals surface area contributed by atoms with Gasteiger partial charge in [-0.2, -0.15) is 4.31 Å². The second-order valence-corrected chi connectivity index (χ2v) is 11.1. The fourth-order valence-corrected chi connectivity index (χ4v) is 6.58. The van der Waals surface area contributed by atoms with Gasteiger partial charge in [0.15, 0.2) is 11.0 Å². The van der Waals surface area contributed by atoms with Crippen LogP contribution in [0.15, 0.2) is 80.0 Å². The van der Waals surface area contributed by atoms with Gasteiger partial charge >= 0.3 is 0 Å². The molecule has 11 heteroatoms. The number of para-hydroxylation sites is 1. The molecule has 0 N–H and O–H groups in total. The summed E-state index contributed by atoms with van der Waals surface area (Å²) in [4.78, 5) is 3.84. The highest BCUT2D eigenvalue weighted by molar-refractivity contribution is 7.99. The van der Waals surface area contributed by atoms with Crippen molar-refractivity contribution in [2.45, 2.75) is 14.7 Å². The minimum absolute atomic E-state index is 0.0908. The molecule has 8 nitrogen and oxygen atoms in total. The van der Waals surface area contributed by atoms with Crippen molar-refractivity contribution in [2.75, 3.05) is 38.2 Å². The molecule has 5 rings (SSSR count). The predicted molar refractivity (Wildman–Crippen MR) is 131 cm³/mol. The number of hydrogen-bond acceptors (Lipinski definition) is 8. The molecular formula is C23H21ClN4O4S2. The van der Waals surface area contributed by atoms with Crippen molar-refractivity contribution in [3.05, 3.63) is 65.7 Å². The Balaban J connectivity index is 1.39. The lowest BCUT2D eigenvalue weighted by Crippen LogP contribution is -2.48. The van der Waals surface area contributed by atoms with E-state index in [4.69, 9.17) is 21.0 Å². The number of methoxy groups -OCH3 is 1. The minimum Gasteiger partial charge on any atom is -0.496 e. The van der Waals surface area contributed by atoms with Gasteiger partial charge < -0.3 is 9.64 Å². The maximum atomic E-state index is 13.5. The Morgan fingerprint density at radius 2 is 1.62 bits per heavy atom. The number of nitrogens with zero attached hydrogens (tertiary/aromatic N) is 4. The number of fused-ring (bicyclic) bond motifs is 1. The Morgan fingerprint density at radius 1 is 0.912 bits per heavy atom. The molecule has 0 spiro atoms. The molecule has 1 aliphatic rings. The third-order valence-electron chi connectivity index (χ3n) is 5.68. The molecule has 0 atom stereocenters. The molecule has 4 aromatic rings. The smallest absolute Gasteiger partial charge is 0.245 e. The number of hydrogen-bond donors (Lipinski definition) is 0. The fraction of sp³-hybridized carbons (Fsp3) is 0.217. The highest BCUT2D eigenvalue weighted by atomic mass is 35.5. The summed E-state index contributed by atoms with van der Waals surface area (Å²) in [6.07, 6.45) is 0. The number of sulfonamides is 1. The molecule has 0 bridgehead atoms. The zero-order valence-corrected chi connectivity index (χ0v) is 20.6. The monoisotopic (exact) mass is 516 g/mol. The molecule has 1 aromatic heterocycles. The first-order valence-corrected chi connectivity index (χ1v) is 13.2. The summed E-state index contributed by atoms with van der Waals surface area (Å²) in [7, 11) is -2.18. The van der Waals surface area contributed by atoms with Gasteiger partial charge in [0.05, 0.1) is 12.0 Å². The third-order valence-corrected chi connectivity index (χ3v) is 8.97. The number of halogens is 1. The quantitative estimate of drug-likeness (QED) is 0.369. The van der Waals surface area contributed by atoms with E-state index in [9.17, 15) is 8.42 Å². The van der Waals surface area contributed by atoms with Gasteiger partial charge in [-0.3, -0.25) is 0 Å². The van der Waals surface area contributed by atoms with Gasteiger partial charge in [0.1, 0.15) is 10.6 Å². The van der Waals surface area contributed by atoms with Crippen LogP contribution in [0.5, 0.6) is 5.75 Å². The average Bonchev–Trinajstić information content (AvgIpc) is 3.35. The lowest BCUT2D eigenvalue weighted by molar-refractivity contribution is 0.314. The van der Waals surface area contributed by atoms with Crippen LogP contribution in [0.3, 0.4) is 0 Å². The van der Waals surface area contributed by atoms with E-state index in [1.807, 2.05) is 48.5 Å². The second-order valence-electron chi connectivity index (χ2n) is 7.64. The summed E-state index contributed by atoms with van der Waals surface area (Å²) in [5.74, 6) is 0.715. The van der Waals surface area contributed by atoms with Crippen LogP contribution in [-0.4, -0.2) is 56.3 Å². The van der Waals surface area contributed by atoms with E-state index in [1.165, 1.54) is 16.1 Å². The first-order chi connectivity index (χ1) is 16.5. The second kappa shape index (κ2) is 9.46. The summed E-state index contributed by atoms with van der Waals surface area (Å²) < 4.78 is 38.9. The van der Waals surface area contributed by atoms with E-state index in [0.29, 0.717) is 42.5 Å². The molecule has 3 aromatic carbocycles. The van der Waals surface area contributed by atoms with Crippen LogP contribution < -0.4 is 9.64 Å². The van der Waals surface area contributed by atoms with Gasteiger partial charge in [-0.25, -0.2) is 13.0 Å². The first kappa shape index (κ1) is 23.0. The molecule has 176 valence electrons. The van der Waals surface area contributed by atoms with Crippen molar-refractivity contribution >= 4 is 50.1 Å². The SMILES string of the molecule is COc1ccccc1Sc1ccc(S(=O)(=O)N2CCN(c3ccc(Cl)cc3)CC2)c2nonc12. The Bertz CT molecular complexity index is 1420. The van der Waals surface area contributed by atoms with E-state index in [-0.39, 0.29) is 10.4 Å². The van der Waals surface area contributed by atoms with Crippen LogP contribution in [0, 0.1) is 0 Å². The topological polar surface area (TPSA) is 88.8 Å². The average molecular weight is 517 g/mol. The van der Waals surface area contributed by atoms with Crippen LogP contribution in [0.4, 0.5) is 5.69 Å². The number of piperazine rings is 1. The molecule has 1 fully saturated rings. The lowest BCUT2D eigenvalue weighted by Gasteiger charge is -2.35. The zero-order chi connectivity index (χ0) is 23.7. The summed E-state index contributed by atoms with van der Waals surface area (Å²) >= 11 is 7.39. The van der Waals surface area contributed by atoms with E-state index >= 15 is 0 Å². The summed E-state index contributed by atoms with van der Waals surface area (Å²) in [5, 5.41) is 8.60. The Labute approximate surface area is 206 Å². The van der Waals surface area contributed by atoms with Gasteiger partial charge in [0.25, 0.3) is 0 Å². The molecule has 1 saturated heterocycles. The van der Waals surface area contributed by atoms with Crippen LogP contribution in [-0.2, 0) is 10.0 Å². The van der Waals surface area contributed by atoms with Crippen LogP contribution in [0.25, 0.3) is 11.0 Å². The normalized spacial score (nSPS) is 15.1. The number of aromatic nitrogens is 2. The van der Waals surface area contributed by atoms with E-state index in [2.05, 4.69) is 15.2 Å². The number of anilines is 1. The van der Waals surface area contributed by atoms with Crippen molar-refractivity contribution in [1.29, 1.82) is 0 Å². The lowest BCUT2D eigenvalue weighted by atomic mass is 10.2. The van der Waals surface area contributed by atoms with Gasteiger partial charge in [-0.15, -0.1) is 0 Å². The van der Waals surface area contributed by atoms with Crippen LogP contribution in [0.1, 0.15) is 0 Å². The van der Waals surface area contributed by atoms with Crippen molar-refractivity contribution < 1.29 is 17.8 Å². The Kier molecular flexibility index (Phi) is 6.39. The molecule has 1 aliphatic heterocycles. The molecule has 2 heterocycles. The van der Waals surface area contributed by atoms with Crippen molar-refractivity contribution in [1.82, 2.24) is 14.6 Å². The van der Waals surface area contributed by atoms with Crippen LogP contribution >= 0.6 is 23.4 Å². The summed E-state index contributed by atoms with van der Waals surface area (Å²) in [6, 6.07) is 18.4. The maximum Gasteiger partial charge on any atom is 0.245 e. The highest BCUT2D eigenvalue weighted by Gasteiger charge is 2.32. The summed E-state index contributed by atoms with van der Waals surface area (Å²) in [5.41, 5.74) is 1.64. The summed E-state index contributed by atoms with van der Waals surface area (Å²) in [6.45, 7) is 1.86. The standard InChI is InChI=1S/C23H21ClN4O4S2/c1-31-18-4-2-3-5-19(18)33-20-10-11-21(23-22(20)25-32-26-23)34(29,30)28-14-12-27(13-15-28)17-8-6-16(24)7-9-17/h2-11H,12-15H2,1H3. The van der Waals surface area contributed by atoms with Gasteiger partial charge in [0.2, 0.25) is 10.0 Å². The van der Waals surface area contributed by atoms with E-state index in [1.54, 1.807) is 19.2 Å². The Morgan fingerprint density at radius 3 is 2.35 bits per heavy atom. The zero-order valence-electron chi connectivity index (χ0n) is 18.2. The minimum atomic E-state index is -3.78. The molecular weight excluding hydrogens is 496 g/mol. The molecule has 0 saturated carbocycles. The molecule has 0 aliphatic carbocycles.